The quantitative estimate of drug-likeness (QED) is 0.773. The van der Waals surface area contributed by atoms with E-state index in [1.54, 1.807) is 4.90 Å². The Morgan fingerprint density at radius 3 is 2.63 bits per heavy atom. The van der Waals surface area contributed by atoms with Gasteiger partial charge < -0.3 is 5.32 Å². The van der Waals surface area contributed by atoms with Crippen molar-refractivity contribution < 1.29 is 9.59 Å². The van der Waals surface area contributed by atoms with Crippen LogP contribution in [0.2, 0.25) is 5.02 Å². The van der Waals surface area contributed by atoms with Gasteiger partial charge in [0.05, 0.1) is 17.4 Å². The van der Waals surface area contributed by atoms with Crippen molar-refractivity contribution in [3.63, 3.8) is 0 Å². The van der Waals surface area contributed by atoms with Crippen molar-refractivity contribution in [1.82, 2.24) is 0 Å². The number of amides is 1. The number of Topliss-reactive ketones (excluding diaryl/α,β-unsaturated/α-hetero) is 1. The number of nitrogens with one attached hydrogen (secondary N) is 1. The first-order valence-corrected chi connectivity index (χ1v) is 9.67. The van der Waals surface area contributed by atoms with Crippen LogP contribution in [0, 0.1) is 0 Å². The van der Waals surface area contributed by atoms with Gasteiger partial charge in [0, 0.05) is 29.1 Å². The molecule has 27 heavy (non-hydrogen) atoms. The molecule has 5 heteroatoms. The third-order valence-electron chi connectivity index (χ3n) is 5.19. The number of halogens is 1. The van der Waals surface area contributed by atoms with Crippen molar-refractivity contribution in [3.05, 3.63) is 70.4 Å². The number of hydrogen-bond donors (Lipinski definition) is 1. The monoisotopic (exact) mass is 380 g/mol. The number of para-hydroxylation sites is 2. The van der Waals surface area contributed by atoms with Crippen LogP contribution in [0.15, 0.2) is 59.8 Å². The molecule has 138 valence electrons. The van der Waals surface area contributed by atoms with Crippen LogP contribution in [0.5, 0.6) is 0 Å². The second kappa shape index (κ2) is 7.20. The standard InChI is InChI=1S/C22H21ClN2O2/c1-2-20(27)25-18-8-4-3-6-16(18)24-17-7-5-9-19(26)21(17)22(25)14-10-12-15(23)13-11-14/h3-4,6,8,10-13,22,24H,2,5,7,9H2,1H3/t22-/m0/s1. The number of ketones is 1. The van der Waals surface area contributed by atoms with Gasteiger partial charge >= 0.3 is 0 Å². The first kappa shape index (κ1) is 17.8. The largest absolute Gasteiger partial charge is 0.357 e. The number of fused-ring (bicyclic) bond motifs is 1. The normalized spacial score (nSPS) is 19.1. The number of hydrogen-bond acceptors (Lipinski definition) is 3. The molecule has 1 atom stereocenters. The minimum Gasteiger partial charge on any atom is -0.357 e. The maximum Gasteiger partial charge on any atom is 0.227 e. The van der Waals surface area contributed by atoms with Gasteiger partial charge in [-0.15, -0.1) is 0 Å². The molecule has 1 heterocycles. The lowest BCUT2D eigenvalue weighted by Gasteiger charge is -2.33. The third-order valence-corrected chi connectivity index (χ3v) is 5.45. The number of anilines is 2. The van der Waals surface area contributed by atoms with Crippen molar-refractivity contribution >= 4 is 34.7 Å². The highest BCUT2D eigenvalue weighted by atomic mass is 35.5. The van der Waals surface area contributed by atoms with Crippen LogP contribution in [0.1, 0.15) is 44.2 Å². The number of benzene rings is 2. The van der Waals surface area contributed by atoms with Crippen LogP contribution in [0.4, 0.5) is 11.4 Å². The summed E-state index contributed by atoms with van der Waals surface area (Å²) in [5.74, 6) is 0.0849. The van der Waals surface area contributed by atoms with E-state index in [4.69, 9.17) is 11.6 Å². The van der Waals surface area contributed by atoms with Gasteiger partial charge in [-0.3, -0.25) is 14.5 Å². The molecular weight excluding hydrogens is 360 g/mol. The van der Waals surface area contributed by atoms with Gasteiger partial charge in [0.25, 0.3) is 0 Å². The Bertz CT molecular complexity index is 934. The lowest BCUT2D eigenvalue weighted by atomic mass is 9.85. The third kappa shape index (κ3) is 3.15. The first-order valence-electron chi connectivity index (χ1n) is 9.30. The molecule has 2 aliphatic rings. The van der Waals surface area contributed by atoms with Crippen LogP contribution in [0.25, 0.3) is 0 Å². The number of allylic oxidation sites excluding steroid dienone is 1. The summed E-state index contributed by atoms with van der Waals surface area (Å²) < 4.78 is 0. The molecule has 0 aromatic heterocycles. The van der Waals surface area contributed by atoms with E-state index in [1.807, 2.05) is 55.5 Å². The number of nitrogens with zero attached hydrogens (tertiary/aromatic N) is 1. The molecule has 1 N–H and O–H groups in total. The smallest absolute Gasteiger partial charge is 0.227 e. The minimum atomic E-state index is -0.450. The second-order valence-corrected chi connectivity index (χ2v) is 7.32. The molecule has 0 radical (unpaired) electrons. The molecular formula is C22H21ClN2O2. The summed E-state index contributed by atoms with van der Waals surface area (Å²) in [5, 5.41) is 4.08. The Morgan fingerprint density at radius 1 is 1.15 bits per heavy atom. The summed E-state index contributed by atoms with van der Waals surface area (Å²) in [6.45, 7) is 1.85. The summed E-state index contributed by atoms with van der Waals surface area (Å²) in [5.41, 5.74) is 4.17. The van der Waals surface area contributed by atoms with Crippen LogP contribution < -0.4 is 10.2 Å². The van der Waals surface area contributed by atoms with E-state index in [0.29, 0.717) is 23.4 Å². The highest BCUT2D eigenvalue weighted by Crippen LogP contribution is 2.45. The molecule has 2 aromatic carbocycles. The fourth-order valence-corrected chi connectivity index (χ4v) is 4.07. The van der Waals surface area contributed by atoms with Gasteiger partial charge in [-0.1, -0.05) is 42.8 Å². The maximum absolute atomic E-state index is 13.1. The number of rotatable bonds is 2. The van der Waals surface area contributed by atoms with E-state index < -0.39 is 6.04 Å². The molecule has 0 saturated carbocycles. The Labute approximate surface area is 163 Å². The van der Waals surface area contributed by atoms with E-state index >= 15 is 0 Å². The van der Waals surface area contributed by atoms with E-state index in [-0.39, 0.29) is 11.7 Å². The average Bonchev–Trinajstić information content (AvgIpc) is 2.83. The van der Waals surface area contributed by atoms with Crippen molar-refractivity contribution in [2.75, 3.05) is 10.2 Å². The van der Waals surface area contributed by atoms with Crippen molar-refractivity contribution in [2.24, 2.45) is 0 Å². The van der Waals surface area contributed by atoms with Gasteiger partial charge in [-0.2, -0.15) is 0 Å². The molecule has 0 fully saturated rings. The van der Waals surface area contributed by atoms with Crippen molar-refractivity contribution in [2.45, 2.75) is 38.6 Å². The SMILES string of the molecule is CCC(=O)N1c2ccccc2NC2=C(C(=O)CCC2)[C@@H]1c1ccc(Cl)cc1. The molecule has 4 rings (SSSR count). The van der Waals surface area contributed by atoms with Gasteiger partial charge in [0.1, 0.15) is 0 Å². The molecule has 2 aromatic rings. The maximum atomic E-state index is 13.1. The fraction of sp³-hybridized carbons (Fsp3) is 0.273. The zero-order valence-electron chi connectivity index (χ0n) is 15.2. The second-order valence-electron chi connectivity index (χ2n) is 6.88. The van der Waals surface area contributed by atoms with E-state index in [1.165, 1.54) is 0 Å². The Balaban J connectivity index is 1.99. The molecule has 0 spiro atoms. The highest BCUT2D eigenvalue weighted by molar-refractivity contribution is 6.30. The highest BCUT2D eigenvalue weighted by Gasteiger charge is 2.38. The van der Waals surface area contributed by atoms with Gasteiger partial charge in [0.2, 0.25) is 5.91 Å². The van der Waals surface area contributed by atoms with E-state index in [2.05, 4.69) is 5.32 Å². The lowest BCUT2D eigenvalue weighted by molar-refractivity contribution is -0.118. The van der Waals surface area contributed by atoms with Crippen LogP contribution >= 0.6 is 11.6 Å². The summed E-state index contributed by atoms with van der Waals surface area (Å²) in [7, 11) is 0. The Morgan fingerprint density at radius 2 is 1.89 bits per heavy atom. The Kier molecular flexibility index (Phi) is 4.75. The van der Waals surface area contributed by atoms with Gasteiger partial charge in [0.15, 0.2) is 5.78 Å². The van der Waals surface area contributed by atoms with E-state index in [0.717, 1.165) is 35.5 Å². The summed E-state index contributed by atoms with van der Waals surface area (Å²) >= 11 is 6.08. The zero-order chi connectivity index (χ0) is 19.0. The first-order chi connectivity index (χ1) is 13.1. The molecule has 0 bridgehead atoms. The summed E-state index contributed by atoms with van der Waals surface area (Å²) in [4.78, 5) is 27.8. The zero-order valence-corrected chi connectivity index (χ0v) is 15.9. The van der Waals surface area contributed by atoms with Gasteiger partial charge in [-0.05, 0) is 42.7 Å². The predicted molar refractivity (Wildman–Crippen MR) is 108 cm³/mol. The van der Waals surface area contributed by atoms with Gasteiger partial charge in [-0.25, -0.2) is 0 Å². The number of carbonyl (C=O) groups is 2. The molecule has 0 unspecified atom stereocenters. The van der Waals surface area contributed by atoms with Crippen LogP contribution in [-0.2, 0) is 9.59 Å². The van der Waals surface area contributed by atoms with Crippen molar-refractivity contribution in [3.8, 4) is 0 Å². The van der Waals surface area contributed by atoms with Crippen LogP contribution in [0.3, 0.4) is 0 Å². The lowest BCUT2D eigenvalue weighted by Crippen LogP contribution is -2.37. The molecule has 1 aliphatic heterocycles. The minimum absolute atomic E-state index is 0.0173. The molecule has 1 aliphatic carbocycles. The topological polar surface area (TPSA) is 49.4 Å². The predicted octanol–water partition coefficient (Wildman–Crippen LogP) is 5.26. The summed E-state index contributed by atoms with van der Waals surface area (Å²) in [6, 6.07) is 14.7. The van der Waals surface area contributed by atoms with E-state index in [9.17, 15) is 9.59 Å². The molecule has 4 nitrogen and oxygen atoms in total. The fourth-order valence-electron chi connectivity index (χ4n) is 3.94. The van der Waals surface area contributed by atoms with Crippen LogP contribution in [-0.4, -0.2) is 11.7 Å². The number of carbonyl (C=O) groups excluding carboxylic acids is 2. The van der Waals surface area contributed by atoms with Crippen molar-refractivity contribution in [1.29, 1.82) is 0 Å². The molecule has 0 saturated heterocycles. The molecule has 1 amide bonds. The summed E-state index contributed by atoms with van der Waals surface area (Å²) in [6.07, 6.45) is 2.49. The Hall–Kier alpha value is -2.59. The average molecular weight is 381 g/mol.